The van der Waals surface area contributed by atoms with E-state index in [1.54, 1.807) is 0 Å². The first kappa shape index (κ1) is 17.6. The normalized spacial score (nSPS) is 14.7. The number of nitrogens with zero attached hydrogens (tertiary/aromatic N) is 1. The number of aromatic amines is 1. The van der Waals surface area contributed by atoms with Crippen molar-refractivity contribution in [1.82, 2.24) is 9.88 Å². The van der Waals surface area contributed by atoms with Gasteiger partial charge in [-0.05, 0) is 61.1 Å². The van der Waals surface area contributed by atoms with Gasteiger partial charge in [0.05, 0.1) is 0 Å². The molecule has 0 saturated carbocycles. The van der Waals surface area contributed by atoms with Gasteiger partial charge in [-0.2, -0.15) is 0 Å². The van der Waals surface area contributed by atoms with Crippen molar-refractivity contribution in [2.45, 2.75) is 32.2 Å². The minimum atomic E-state index is 0.0241. The van der Waals surface area contributed by atoms with Crippen molar-refractivity contribution in [1.29, 1.82) is 0 Å². The summed E-state index contributed by atoms with van der Waals surface area (Å²) < 4.78 is 0. The number of piperidine rings is 1. The van der Waals surface area contributed by atoms with Gasteiger partial charge in [-0.3, -0.25) is 9.69 Å². The number of rotatable bonds is 3. The minimum Gasteiger partial charge on any atom is -0.322 e. The van der Waals surface area contributed by atoms with Crippen molar-refractivity contribution in [3.8, 4) is 11.8 Å². The van der Waals surface area contributed by atoms with Crippen molar-refractivity contribution < 1.29 is 0 Å². The highest BCUT2D eigenvalue weighted by Crippen LogP contribution is 2.16. The molecule has 27 heavy (non-hydrogen) atoms. The topological polar surface area (TPSA) is 36.1 Å². The maximum absolute atomic E-state index is 12.4. The lowest BCUT2D eigenvalue weighted by Gasteiger charge is -2.26. The highest BCUT2D eigenvalue weighted by atomic mass is 16.1. The van der Waals surface area contributed by atoms with Crippen LogP contribution in [0.2, 0.25) is 0 Å². The molecule has 0 aliphatic carbocycles. The van der Waals surface area contributed by atoms with E-state index in [1.165, 1.54) is 24.8 Å². The number of hydrogen-bond acceptors (Lipinski definition) is 2. The maximum atomic E-state index is 12.4. The Labute approximate surface area is 160 Å². The number of hydrogen-bond donors (Lipinski definition) is 1. The molecule has 2 aromatic carbocycles. The predicted molar refractivity (Wildman–Crippen MR) is 111 cm³/mol. The highest BCUT2D eigenvalue weighted by molar-refractivity contribution is 5.80. The van der Waals surface area contributed by atoms with Crippen molar-refractivity contribution in [2.75, 3.05) is 13.1 Å². The maximum Gasteiger partial charge on any atom is 0.252 e. The highest BCUT2D eigenvalue weighted by Gasteiger charge is 2.13. The van der Waals surface area contributed by atoms with Crippen molar-refractivity contribution in [2.24, 2.45) is 0 Å². The summed E-state index contributed by atoms with van der Waals surface area (Å²) in [7, 11) is 0. The molecule has 1 fully saturated rings. The Bertz CT molecular complexity index is 1030. The number of aromatic nitrogens is 1. The van der Waals surface area contributed by atoms with Gasteiger partial charge < -0.3 is 4.98 Å². The molecular formula is C24H24N2O. The van der Waals surface area contributed by atoms with E-state index in [0.717, 1.165) is 48.1 Å². The molecule has 0 unspecified atom stereocenters. The van der Waals surface area contributed by atoms with E-state index >= 15 is 0 Å². The molecule has 1 N–H and O–H groups in total. The second-order valence-corrected chi connectivity index (χ2v) is 7.23. The molecule has 3 aromatic rings. The first-order valence-electron chi connectivity index (χ1n) is 9.69. The van der Waals surface area contributed by atoms with E-state index in [0.29, 0.717) is 0 Å². The number of fused-ring (bicyclic) bond motifs is 1. The van der Waals surface area contributed by atoms with Gasteiger partial charge >= 0.3 is 0 Å². The van der Waals surface area contributed by atoms with Crippen LogP contribution in [0.1, 0.15) is 36.0 Å². The summed E-state index contributed by atoms with van der Waals surface area (Å²) in [6, 6.07) is 18.3. The summed E-state index contributed by atoms with van der Waals surface area (Å²) in [6.07, 6.45) is 4.50. The third kappa shape index (κ3) is 4.48. The van der Waals surface area contributed by atoms with Crippen LogP contribution >= 0.6 is 0 Å². The van der Waals surface area contributed by atoms with E-state index in [2.05, 4.69) is 39.9 Å². The van der Waals surface area contributed by atoms with Crippen LogP contribution in [0, 0.1) is 11.8 Å². The first-order chi connectivity index (χ1) is 13.3. The molecule has 2 heterocycles. The zero-order valence-corrected chi connectivity index (χ0v) is 15.5. The molecule has 3 heteroatoms. The smallest absolute Gasteiger partial charge is 0.252 e. The second kappa shape index (κ2) is 8.24. The molecule has 0 atom stereocenters. The molecule has 3 nitrogen and oxygen atoms in total. The number of benzene rings is 2. The van der Waals surface area contributed by atoms with Gasteiger partial charge in [-0.1, -0.05) is 48.6 Å². The van der Waals surface area contributed by atoms with Gasteiger partial charge in [0.15, 0.2) is 0 Å². The van der Waals surface area contributed by atoms with E-state index in [9.17, 15) is 4.79 Å². The van der Waals surface area contributed by atoms with E-state index < -0.39 is 0 Å². The lowest BCUT2D eigenvalue weighted by molar-refractivity contribution is 0.220. The van der Waals surface area contributed by atoms with Gasteiger partial charge in [0.2, 0.25) is 0 Å². The van der Waals surface area contributed by atoms with Crippen molar-refractivity contribution in [3.05, 3.63) is 81.6 Å². The number of nitrogens with one attached hydrogen (secondary N) is 1. The Kier molecular flexibility index (Phi) is 5.37. The van der Waals surface area contributed by atoms with Crippen LogP contribution < -0.4 is 5.56 Å². The summed E-state index contributed by atoms with van der Waals surface area (Å²) in [5.41, 5.74) is 3.94. The van der Waals surface area contributed by atoms with E-state index in [4.69, 9.17) is 0 Å². The summed E-state index contributed by atoms with van der Waals surface area (Å²) in [6.45, 7) is 2.90. The van der Waals surface area contributed by atoms with Crippen LogP contribution in [-0.2, 0) is 13.0 Å². The van der Waals surface area contributed by atoms with Crippen LogP contribution in [0.5, 0.6) is 0 Å². The van der Waals surface area contributed by atoms with Crippen LogP contribution in [0.25, 0.3) is 10.9 Å². The summed E-state index contributed by atoms with van der Waals surface area (Å²) >= 11 is 0. The van der Waals surface area contributed by atoms with Crippen LogP contribution in [0.15, 0.2) is 59.4 Å². The molecule has 1 saturated heterocycles. The third-order valence-corrected chi connectivity index (χ3v) is 5.13. The lowest BCUT2D eigenvalue weighted by atomic mass is 10.1. The molecule has 0 amide bonds. The number of likely N-dealkylation sites (tertiary alicyclic amines) is 1. The zero-order valence-electron chi connectivity index (χ0n) is 15.5. The Balaban J connectivity index is 1.55. The molecule has 1 aromatic heterocycles. The Morgan fingerprint density at radius 2 is 1.78 bits per heavy atom. The average molecular weight is 356 g/mol. The van der Waals surface area contributed by atoms with Crippen molar-refractivity contribution in [3.63, 3.8) is 0 Å². The fraction of sp³-hybridized carbons (Fsp3) is 0.292. The SMILES string of the molecule is O=c1[nH]c2ccc(C#CCc3ccccc3)cc2cc1CN1CCCCC1. The molecule has 136 valence electrons. The van der Waals surface area contributed by atoms with Gasteiger partial charge in [-0.15, -0.1) is 0 Å². The molecule has 1 aliphatic rings. The zero-order chi connectivity index (χ0) is 18.5. The summed E-state index contributed by atoms with van der Waals surface area (Å²) in [4.78, 5) is 17.8. The van der Waals surface area contributed by atoms with Gasteiger partial charge in [0, 0.05) is 29.6 Å². The van der Waals surface area contributed by atoms with Crippen LogP contribution in [0.3, 0.4) is 0 Å². The third-order valence-electron chi connectivity index (χ3n) is 5.13. The van der Waals surface area contributed by atoms with Gasteiger partial charge in [0.25, 0.3) is 5.56 Å². The molecule has 0 spiro atoms. The Morgan fingerprint density at radius 3 is 2.59 bits per heavy atom. The molecule has 4 rings (SSSR count). The summed E-state index contributed by atoms with van der Waals surface area (Å²) in [5, 5.41) is 1.05. The lowest BCUT2D eigenvalue weighted by Crippen LogP contribution is -2.31. The minimum absolute atomic E-state index is 0.0241. The molecule has 0 bridgehead atoms. The summed E-state index contributed by atoms with van der Waals surface area (Å²) in [5.74, 6) is 6.49. The molecular weight excluding hydrogens is 332 g/mol. The molecule has 1 aliphatic heterocycles. The largest absolute Gasteiger partial charge is 0.322 e. The Hall–Kier alpha value is -2.83. The average Bonchev–Trinajstić information content (AvgIpc) is 2.70. The monoisotopic (exact) mass is 356 g/mol. The predicted octanol–water partition coefficient (Wildman–Crippen LogP) is 4.11. The van der Waals surface area contributed by atoms with Crippen LogP contribution in [0.4, 0.5) is 0 Å². The quantitative estimate of drug-likeness (QED) is 0.717. The standard InChI is InChI=1S/C24H24N2O/c27-24-22(18-26-14-5-2-6-15-26)17-21-16-20(12-13-23(21)25-24)11-7-10-19-8-3-1-4-9-19/h1,3-4,8-9,12-13,16-17H,2,5-6,10,14-15,18H2,(H,25,27). The fourth-order valence-corrected chi connectivity index (χ4v) is 3.65. The van der Waals surface area contributed by atoms with Crippen LogP contribution in [-0.4, -0.2) is 23.0 Å². The second-order valence-electron chi connectivity index (χ2n) is 7.23. The molecule has 0 radical (unpaired) electrons. The fourth-order valence-electron chi connectivity index (χ4n) is 3.65. The van der Waals surface area contributed by atoms with E-state index in [-0.39, 0.29) is 5.56 Å². The van der Waals surface area contributed by atoms with Gasteiger partial charge in [-0.25, -0.2) is 0 Å². The first-order valence-corrected chi connectivity index (χ1v) is 9.69. The van der Waals surface area contributed by atoms with E-state index in [1.807, 2.05) is 36.4 Å². The number of H-pyrrole nitrogens is 1. The van der Waals surface area contributed by atoms with Gasteiger partial charge in [0.1, 0.15) is 0 Å². The Morgan fingerprint density at radius 1 is 0.963 bits per heavy atom. The van der Waals surface area contributed by atoms with Crippen molar-refractivity contribution >= 4 is 10.9 Å². The number of pyridine rings is 1.